The van der Waals surface area contributed by atoms with Crippen LogP contribution in [-0.4, -0.2) is 112 Å². The van der Waals surface area contributed by atoms with Crippen LogP contribution in [0.15, 0.2) is 53.6 Å². The summed E-state index contributed by atoms with van der Waals surface area (Å²) in [7, 11) is 3.82. The molecule has 16 nitrogen and oxygen atoms in total. The van der Waals surface area contributed by atoms with Crippen LogP contribution >= 0.6 is 12.1 Å². The Balaban J connectivity index is 0.00000119. The second-order valence-electron chi connectivity index (χ2n) is 19.1. The van der Waals surface area contributed by atoms with Crippen LogP contribution in [0.25, 0.3) is 21.8 Å². The zero-order valence-electron chi connectivity index (χ0n) is 38.2. The predicted molar refractivity (Wildman–Crippen MR) is 249 cm³/mol. The number of nitrogens with two attached hydrogens (primary N) is 1. The molecule has 2 aliphatic carbocycles. The number of hydrogen-bond donors (Lipinski definition) is 2. The van der Waals surface area contributed by atoms with Crippen molar-refractivity contribution >= 4 is 57.5 Å². The first-order chi connectivity index (χ1) is 31.4. The van der Waals surface area contributed by atoms with Crippen molar-refractivity contribution in [3.8, 4) is 17.6 Å². The molecule has 4 N–H and O–H groups in total. The number of likely N-dealkylation sites (tertiary alicyclic amines) is 1. The van der Waals surface area contributed by atoms with Crippen LogP contribution in [0.1, 0.15) is 63.0 Å². The van der Waals surface area contributed by atoms with Crippen molar-refractivity contribution in [1.29, 1.82) is 5.26 Å². The van der Waals surface area contributed by atoms with Gasteiger partial charge in [-0.3, -0.25) is 18.8 Å². The Kier molecular flexibility index (Phi) is 14.4. The maximum absolute atomic E-state index is 15.5. The maximum Gasteiger partial charge on any atom is 1.00 e. The van der Waals surface area contributed by atoms with E-state index >= 15 is 8.78 Å². The Hall–Kier alpha value is -3.88. The smallest absolute Gasteiger partial charge is 0.870 e. The van der Waals surface area contributed by atoms with Gasteiger partial charge in [0.15, 0.2) is 17.4 Å². The third-order valence-corrected chi connectivity index (χ3v) is 15.9. The molecule has 6 heterocycles. The standard InChI is InChI=1S/C46H51F2N10O3S.CH3NO.K.H2O/c1-4-53(2)42-33-17-36(48)40(18-39(33)54(3)51-42)56-24-45(25-56)19-29(20-45)55-14-12-46(13-15-55)21-30(23-60-46)58-28-50-37-8-6-31(16-32(37)43(58)59)61-41-34(22-49)38(9-7-35(41)47)52-62-57-26-44(27-57)10-5-11-44;2-1-3;;/h6-9,16-18,28-30,52H,1,4-5,10-15,19-21,23-27H2,2-3H3;1H,(H2,2,3);;1H2/q-1;;+1;/p-1. The molecule has 1 atom stereocenters. The minimum absolute atomic E-state index is 0. The Morgan fingerprint density at radius 2 is 1.76 bits per heavy atom. The Morgan fingerprint density at radius 1 is 1.03 bits per heavy atom. The van der Waals surface area contributed by atoms with Crippen molar-refractivity contribution in [2.24, 2.45) is 23.6 Å². The van der Waals surface area contributed by atoms with E-state index in [0.717, 1.165) is 88.1 Å². The molecule has 6 fully saturated rings. The van der Waals surface area contributed by atoms with E-state index < -0.39 is 5.82 Å². The maximum atomic E-state index is 15.5. The summed E-state index contributed by atoms with van der Waals surface area (Å²) in [6.45, 7) is 10.5. The van der Waals surface area contributed by atoms with Gasteiger partial charge >= 0.3 is 51.4 Å². The van der Waals surface area contributed by atoms with Crippen molar-refractivity contribution in [1.82, 2.24) is 28.5 Å². The van der Waals surface area contributed by atoms with Crippen LogP contribution < -0.4 is 81.9 Å². The second-order valence-corrected chi connectivity index (χ2v) is 20.0. The number of amides is 1. The summed E-state index contributed by atoms with van der Waals surface area (Å²) in [6, 6.07) is 13.8. The van der Waals surface area contributed by atoms with Gasteiger partial charge in [-0.2, -0.15) is 10.4 Å². The second kappa shape index (κ2) is 19.5. The van der Waals surface area contributed by atoms with Crippen LogP contribution in [0.4, 0.5) is 26.0 Å². The number of benzene rings is 3. The van der Waals surface area contributed by atoms with Gasteiger partial charge in [-0.25, -0.2) is 18.1 Å². The average Bonchev–Trinajstić information content (AvgIpc) is 3.80. The molecule has 2 saturated carbocycles. The molecule has 3 spiro atoms. The number of piperidine rings is 1. The quantitative estimate of drug-likeness (QED) is 0.0897. The minimum Gasteiger partial charge on any atom is -0.870 e. The van der Waals surface area contributed by atoms with E-state index in [9.17, 15) is 10.1 Å². The van der Waals surface area contributed by atoms with Crippen molar-refractivity contribution in [3.05, 3.63) is 83.3 Å². The summed E-state index contributed by atoms with van der Waals surface area (Å²) in [6.07, 6.45) is 10.4. The molecule has 4 aliphatic heterocycles. The van der Waals surface area contributed by atoms with E-state index in [-0.39, 0.29) is 109 Å². The van der Waals surface area contributed by atoms with Crippen LogP contribution in [0.5, 0.6) is 11.5 Å². The topological polar surface area (TPSA) is 193 Å². The third-order valence-electron chi connectivity index (χ3n) is 15.1. The number of nitriles is 1. The van der Waals surface area contributed by atoms with E-state index in [1.165, 1.54) is 37.5 Å². The number of aromatic nitrogens is 4. The number of anilines is 3. The summed E-state index contributed by atoms with van der Waals surface area (Å²) >= 11 is 1.43. The van der Waals surface area contributed by atoms with Gasteiger partial charge in [0, 0.05) is 82.3 Å². The molecule has 0 radical (unpaired) electrons. The van der Waals surface area contributed by atoms with Gasteiger partial charge in [-0.05, 0) is 92.8 Å². The van der Waals surface area contributed by atoms with Gasteiger partial charge in [0.2, 0.25) is 6.41 Å². The number of ether oxygens (including phenoxy) is 2. The molecular formula is C47H55F2KN11O5S-. The zero-order valence-corrected chi connectivity index (χ0v) is 42.2. The van der Waals surface area contributed by atoms with Gasteiger partial charge < -0.3 is 47.0 Å². The molecule has 3 aromatic carbocycles. The molecule has 4 saturated heterocycles. The predicted octanol–water partition coefficient (Wildman–Crippen LogP) is 3.35. The first-order valence-corrected chi connectivity index (χ1v) is 23.2. The molecule has 11 rings (SSSR count). The first kappa shape index (κ1) is 49.5. The van der Waals surface area contributed by atoms with Crippen molar-refractivity contribution in [3.63, 3.8) is 0 Å². The van der Waals surface area contributed by atoms with Gasteiger partial charge in [0.05, 0.1) is 52.4 Å². The summed E-state index contributed by atoms with van der Waals surface area (Å²) in [5, 5.41) is 15.9. The number of carbonyl (C=O) groups excluding carboxylic acids is 1. The summed E-state index contributed by atoms with van der Waals surface area (Å²) in [4.78, 5) is 34.0. The Labute approximate surface area is 435 Å². The number of hydrogen-bond acceptors (Lipinski definition) is 14. The number of primary amides is 1. The van der Waals surface area contributed by atoms with E-state index in [1.807, 2.05) is 29.7 Å². The molecule has 5 aromatic rings. The molecule has 20 heteroatoms. The molecule has 67 heavy (non-hydrogen) atoms. The monoisotopic (exact) mass is 962 g/mol. The molecule has 350 valence electrons. The van der Waals surface area contributed by atoms with E-state index in [2.05, 4.69) is 47.6 Å². The van der Waals surface area contributed by atoms with Crippen LogP contribution in [0, 0.1) is 40.7 Å². The molecule has 1 unspecified atom stereocenters. The Morgan fingerprint density at radius 3 is 2.43 bits per heavy atom. The number of nitrogens with one attached hydrogen (secondary N) is 1. The number of halogens is 2. The fourth-order valence-corrected chi connectivity index (χ4v) is 12.3. The first-order valence-electron chi connectivity index (χ1n) is 22.4. The van der Waals surface area contributed by atoms with Gasteiger partial charge in [-0.1, -0.05) is 6.42 Å². The molecule has 2 aromatic heterocycles. The SMILES string of the molecule is NC=O.[CH2-]CN(C)c1nn(C)c2cc(N3CC4(CC(N5CCC6(CC5)CC(n5cnc7ccc(Oc8c(F)ccc(NSN9CC%10(CCC%10)C9)c8C#N)cc7c5=O)CO6)C4)C3)c(F)cc12.[K+].[OH-]. The molecule has 0 bridgehead atoms. The minimum atomic E-state index is -0.663. The molecule has 6 aliphatic rings. The number of aryl methyl sites for hydroxylation is 1. The fraction of sp³-hybridized carbons (Fsp3) is 0.489. The van der Waals surface area contributed by atoms with Crippen LogP contribution in [0.3, 0.4) is 0 Å². The van der Waals surface area contributed by atoms with Crippen LogP contribution in [0.2, 0.25) is 0 Å². The van der Waals surface area contributed by atoms with Crippen molar-refractivity contribution < 1.29 is 79.9 Å². The number of carbonyl (C=O) groups is 1. The van der Waals surface area contributed by atoms with Crippen molar-refractivity contribution in [2.45, 2.75) is 69.1 Å². The fourth-order valence-electron chi connectivity index (χ4n) is 11.2. The average molecular weight is 963 g/mol. The molecule has 1 amide bonds. The van der Waals surface area contributed by atoms with Gasteiger partial charge in [-0.15, -0.1) is 6.54 Å². The summed E-state index contributed by atoms with van der Waals surface area (Å²) < 4.78 is 52.2. The molecular weight excluding hydrogens is 908 g/mol. The van der Waals surface area contributed by atoms with E-state index in [0.29, 0.717) is 46.9 Å². The van der Waals surface area contributed by atoms with E-state index in [1.54, 1.807) is 41.2 Å². The van der Waals surface area contributed by atoms with Gasteiger partial charge in [0.25, 0.3) is 5.56 Å². The van der Waals surface area contributed by atoms with E-state index in [4.69, 9.17) is 14.3 Å². The largest absolute Gasteiger partial charge is 1.00 e. The Bertz CT molecular complexity index is 2750. The normalized spacial score (nSPS) is 21.2. The summed E-state index contributed by atoms with van der Waals surface area (Å²) in [5.41, 5.74) is 6.95. The number of fused-ring (bicyclic) bond motifs is 2. The third kappa shape index (κ3) is 9.09. The van der Waals surface area contributed by atoms with Crippen LogP contribution in [-0.2, 0) is 16.6 Å². The zero-order chi connectivity index (χ0) is 45.3. The number of rotatable bonds is 10. The van der Waals surface area contributed by atoms with Gasteiger partial charge in [0.1, 0.15) is 23.2 Å². The number of nitrogens with zero attached hydrogens (tertiary/aromatic N) is 9. The van der Waals surface area contributed by atoms with Crippen molar-refractivity contribution in [2.75, 3.05) is 74.0 Å². The summed E-state index contributed by atoms with van der Waals surface area (Å²) in [5.74, 6) is -0.0717.